The SMILES string of the molecule is COc1ccc(C(=O)NCC(F)(F)CO)cn1. The van der Waals surface area contributed by atoms with Gasteiger partial charge < -0.3 is 15.2 Å². The van der Waals surface area contributed by atoms with Crippen LogP contribution in [0.3, 0.4) is 0 Å². The number of aliphatic hydroxyl groups is 1. The maximum absolute atomic E-state index is 12.6. The molecule has 0 aliphatic carbocycles. The minimum atomic E-state index is -3.32. The topological polar surface area (TPSA) is 71.5 Å². The molecule has 0 aliphatic rings. The number of rotatable bonds is 5. The summed E-state index contributed by atoms with van der Waals surface area (Å²) in [6.07, 6.45) is 1.21. The lowest BCUT2D eigenvalue weighted by Gasteiger charge is -2.13. The molecule has 2 N–H and O–H groups in total. The van der Waals surface area contributed by atoms with Gasteiger partial charge in [0.15, 0.2) is 0 Å². The van der Waals surface area contributed by atoms with Gasteiger partial charge in [-0.25, -0.2) is 13.8 Å². The first-order valence-corrected chi connectivity index (χ1v) is 4.75. The molecule has 1 aromatic heterocycles. The first kappa shape index (κ1) is 13.3. The van der Waals surface area contributed by atoms with Crippen molar-refractivity contribution >= 4 is 5.91 Å². The number of halogens is 2. The molecule has 1 amide bonds. The van der Waals surface area contributed by atoms with Gasteiger partial charge in [0, 0.05) is 12.3 Å². The third-order valence-corrected chi connectivity index (χ3v) is 1.95. The molecular formula is C10H12F2N2O3. The van der Waals surface area contributed by atoms with Crippen LogP contribution in [-0.4, -0.2) is 42.2 Å². The molecule has 0 atom stereocenters. The van der Waals surface area contributed by atoms with E-state index in [-0.39, 0.29) is 5.56 Å². The van der Waals surface area contributed by atoms with Crippen molar-refractivity contribution in [2.24, 2.45) is 0 Å². The van der Waals surface area contributed by atoms with Gasteiger partial charge in [-0.2, -0.15) is 0 Å². The number of carbonyl (C=O) groups is 1. The Hall–Kier alpha value is -1.76. The Morgan fingerprint density at radius 3 is 2.76 bits per heavy atom. The number of methoxy groups -OCH3 is 1. The number of alkyl halides is 2. The van der Waals surface area contributed by atoms with Crippen molar-refractivity contribution in [3.05, 3.63) is 23.9 Å². The van der Waals surface area contributed by atoms with Crippen molar-refractivity contribution in [2.45, 2.75) is 5.92 Å². The highest BCUT2D eigenvalue weighted by Gasteiger charge is 2.28. The van der Waals surface area contributed by atoms with E-state index in [9.17, 15) is 13.6 Å². The summed E-state index contributed by atoms with van der Waals surface area (Å²) in [5, 5.41) is 10.3. The van der Waals surface area contributed by atoms with Gasteiger partial charge in [-0.1, -0.05) is 0 Å². The fraction of sp³-hybridized carbons (Fsp3) is 0.400. The normalized spacial score (nSPS) is 11.1. The second kappa shape index (κ2) is 5.53. The van der Waals surface area contributed by atoms with Gasteiger partial charge in [-0.15, -0.1) is 0 Å². The number of nitrogens with one attached hydrogen (secondary N) is 1. The van der Waals surface area contributed by atoms with Gasteiger partial charge in [0.05, 0.1) is 19.2 Å². The summed E-state index contributed by atoms with van der Waals surface area (Å²) in [6, 6.07) is 2.84. The van der Waals surface area contributed by atoms with E-state index in [0.717, 1.165) is 0 Å². The lowest BCUT2D eigenvalue weighted by Crippen LogP contribution is -2.39. The third-order valence-electron chi connectivity index (χ3n) is 1.95. The highest BCUT2D eigenvalue weighted by molar-refractivity contribution is 5.93. The Kier molecular flexibility index (Phi) is 4.33. The second-order valence-electron chi connectivity index (χ2n) is 3.29. The summed E-state index contributed by atoms with van der Waals surface area (Å²) >= 11 is 0. The van der Waals surface area contributed by atoms with Crippen molar-refractivity contribution in [2.75, 3.05) is 20.3 Å². The molecule has 94 valence electrons. The van der Waals surface area contributed by atoms with Crippen LogP contribution in [0.1, 0.15) is 10.4 Å². The molecule has 0 spiro atoms. The molecule has 1 aromatic rings. The fourth-order valence-corrected chi connectivity index (χ4v) is 1.00. The fourth-order valence-electron chi connectivity index (χ4n) is 1.00. The molecule has 1 rings (SSSR count). The third kappa shape index (κ3) is 3.95. The highest BCUT2D eigenvalue weighted by atomic mass is 19.3. The quantitative estimate of drug-likeness (QED) is 0.791. The largest absolute Gasteiger partial charge is 0.481 e. The Balaban J connectivity index is 2.58. The van der Waals surface area contributed by atoms with E-state index in [4.69, 9.17) is 9.84 Å². The molecule has 0 aromatic carbocycles. The van der Waals surface area contributed by atoms with E-state index in [0.29, 0.717) is 5.88 Å². The number of ether oxygens (including phenoxy) is 1. The summed E-state index contributed by atoms with van der Waals surface area (Å²) < 4.78 is 30.1. The van der Waals surface area contributed by atoms with Crippen LogP contribution in [-0.2, 0) is 0 Å². The predicted molar refractivity (Wildman–Crippen MR) is 55.2 cm³/mol. The first-order valence-electron chi connectivity index (χ1n) is 4.75. The number of hydrogen-bond donors (Lipinski definition) is 2. The molecule has 0 saturated carbocycles. The highest BCUT2D eigenvalue weighted by Crippen LogP contribution is 2.11. The summed E-state index contributed by atoms with van der Waals surface area (Å²) in [5.41, 5.74) is 0.138. The van der Waals surface area contributed by atoms with Crippen molar-refractivity contribution in [3.63, 3.8) is 0 Å². The number of pyridine rings is 1. The smallest absolute Gasteiger partial charge is 0.287 e. The molecule has 0 bridgehead atoms. The molecule has 1 heterocycles. The van der Waals surface area contributed by atoms with Gasteiger partial charge >= 0.3 is 0 Å². The van der Waals surface area contributed by atoms with Gasteiger partial charge in [0.1, 0.15) is 6.61 Å². The molecule has 0 aliphatic heterocycles. The molecule has 0 saturated heterocycles. The zero-order valence-electron chi connectivity index (χ0n) is 9.11. The molecule has 7 heteroatoms. The lowest BCUT2D eigenvalue weighted by molar-refractivity contribution is -0.0462. The number of carbonyl (C=O) groups excluding carboxylic acids is 1. The van der Waals surface area contributed by atoms with Crippen LogP contribution < -0.4 is 10.1 Å². The molecule has 17 heavy (non-hydrogen) atoms. The van der Waals surface area contributed by atoms with Crippen LogP contribution in [0, 0.1) is 0 Å². The van der Waals surface area contributed by atoms with E-state index < -0.39 is 25.0 Å². The predicted octanol–water partition coefficient (Wildman–Crippen LogP) is 0.448. The number of nitrogens with zero attached hydrogens (tertiary/aromatic N) is 1. The van der Waals surface area contributed by atoms with E-state index in [1.54, 1.807) is 0 Å². The van der Waals surface area contributed by atoms with E-state index in [2.05, 4.69) is 4.98 Å². The minimum Gasteiger partial charge on any atom is -0.481 e. The summed E-state index contributed by atoms with van der Waals surface area (Å²) in [7, 11) is 1.42. The average Bonchev–Trinajstić information content (AvgIpc) is 2.36. The summed E-state index contributed by atoms with van der Waals surface area (Å²) in [4.78, 5) is 15.2. The van der Waals surface area contributed by atoms with Crippen molar-refractivity contribution in [1.82, 2.24) is 10.3 Å². The number of aromatic nitrogens is 1. The summed E-state index contributed by atoms with van der Waals surface area (Å²) in [6.45, 7) is -2.23. The summed E-state index contributed by atoms with van der Waals surface area (Å²) in [5.74, 6) is -3.69. The maximum atomic E-state index is 12.6. The van der Waals surface area contributed by atoms with Crippen LogP contribution in [0.25, 0.3) is 0 Å². The number of hydrogen-bond acceptors (Lipinski definition) is 4. The standard InChI is InChI=1S/C10H12F2N2O3/c1-17-8-3-2-7(4-13-8)9(16)14-5-10(11,12)6-15/h2-4,15H,5-6H2,1H3,(H,14,16). The van der Waals surface area contributed by atoms with Gasteiger partial charge in [-0.3, -0.25) is 4.79 Å². The van der Waals surface area contributed by atoms with Crippen molar-refractivity contribution < 1.29 is 23.4 Å². The van der Waals surface area contributed by atoms with Gasteiger partial charge in [0.2, 0.25) is 5.88 Å². The number of amides is 1. The van der Waals surface area contributed by atoms with Crippen molar-refractivity contribution in [3.8, 4) is 5.88 Å². The Morgan fingerprint density at radius 1 is 1.59 bits per heavy atom. The average molecular weight is 246 g/mol. The Morgan fingerprint density at radius 2 is 2.29 bits per heavy atom. The van der Waals surface area contributed by atoms with E-state index in [1.807, 2.05) is 5.32 Å². The zero-order chi connectivity index (χ0) is 12.9. The molecule has 0 unspecified atom stereocenters. The monoisotopic (exact) mass is 246 g/mol. The first-order chi connectivity index (χ1) is 7.98. The van der Waals surface area contributed by atoms with Crippen LogP contribution in [0.15, 0.2) is 18.3 Å². The Labute approximate surface area is 96.4 Å². The lowest BCUT2D eigenvalue weighted by atomic mass is 10.2. The molecule has 0 radical (unpaired) electrons. The maximum Gasteiger partial charge on any atom is 0.287 e. The minimum absolute atomic E-state index is 0.138. The van der Waals surface area contributed by atoms with E-state index >= 15 is 0 Å². The van der Waals surface area contributed by atoms with Gasteiger partial charge in [0.25, 0.3) is 11.8 Å². The van der Waals surface area contributed by atoms with Crippen LogP contribution in [0.4, 0.5) is 8.78 Å². The zero-order valence-corrected chi connectivity index (χ0v) is 9.11. The molecule has 5 nitrogen and oxygen atoms in total. The molecule has 0 fully saturated rings. The molecular weight excluding hydrogens is 234 g/mol. The van der Waals surface area contributed by atoms with Gasteiger partial charge in [-0.05, 0) is 6.07 Å². The van der Waals surface area contributed by atoms with Crippen LogP contribution in [0.2, 0.25) is 0 Å². The van der Waals surface area contributed by atoms with Crippen LogP contribution >= 0.6 is 0 Å². The Bertz CT molecular complexity index is 382. The van der Waals surface area contributed by atoms with Crippen LogP contribution in [0.5, 0.6) is 5.88 Å². The second-order valence-corrected chi connectivity index (χ2v) is 3.29. The van der Waals surface area contributed by atoms with E-state index in [1.165, 1.54) is 25.4 Å². The van der Waals surface area contributed by atoms with Crippen molar-refractivity contribution in [1.29, 1.82) is 0 Å². The number of aliphatic hydroxyl groups excluding tert-OH is 1.